The quantitative estimate of drug-likeness (QED) is 0.236. The zero-order valence-corrected chi connectivity index (χ0v) is 34.1. The molecule has 1 saturated heterocycles. The van der Waals surface area contributed by atoms with Crippen molar-refractivity contribution in [2.24, 2.45) is 0 Å². The van der Waals surface area contributed by atoms with E-state index < -0.39 is 70.3 Å². The summed E-state index contributed by atoms with van der Waals surface area (Å²) in [5, 5.41) is 6.64. The number of hydrogen-bond donors (Lipinski definition) is 3. The summed E-state index contributed by atoms with van der Waals surface area (Å²) < 4.78 is 122. The standard InChI is InChI=1S/C38H48N4O8S4/c1-29-7-15-33(16-8-29)51(43,44)37-38(52(45,46)34-17-9-30(2)10-18-34,53(47,48)35-19-11-31(3)12-20-35)42(54(49,50)36-21-13-32(4)14-22-36)28-6-5-23-39-24-25-40-26-27-41-37/h7-22,37,39-41H,5-6,23-28H2,1-4H3. The average Bonchev–Trinajstić information content (AvgIpc) is 3.12. The molecule has 4 aromatic rings. The monoisotopic (exact) mass is 816 g/mol. The maximum absolute atomic E-state index is 15.9. The highest BCUT2D eigenvalue weighted by Gasteiger charge is 2.71. The molecule has 1 aliphatic heterocycles. The molecule has 1 heterocycles. The van der Waals surface area contributed by atoms with E-state index in [9.17, 15) is 0 Å². The Labute approximate surface area is 320 Å². The van der Waals surface area contributed by atoms with Crippen molar-refractivity contribution in [1.29, 1.82) is 0 Å². The molecule has 3 N–H and O–H groups in total. The zero-order valence-electron chi connectivity index (χ0n) is 30.8. The second-order valence-corrected chi connectivity index (χ2v) is 21.9. The molecule has 1 atom stereocenters. The van der Waals surface area contributed by atoms with Gasteiger partial charge in [-0.05, 0) is 95.6 Å². The molecule has 54 heavy (non-hydrogen) atoms. The first-order valence-electron chi connectivity index (χ1n) is 17.6. The summed E-state index contributed by atoms with van der Waals surface area (Å²) in [5.41, 5.74) is 2.67. The Morgan fingerprint density at radius 2 is 0.852 bits per heavy atom. The molecule has 1 fully saturated rings. The normalized spacial score (nSPS) is 18.8. The Morgan fingerprint density at radius 1 is 0.481 bits per heavy atom. The van der Waals surface area contributed by atoms with Gasteiger partial charge in [0.25, 0.3) is 4.20 Å². The predicted molar refractivity (Wildman–Crippen MR) is 210 cm³/mol. The third-order valence-corrected chi connectivity index (χ3v) is 19.5. The molecule has 0 radical (unpaired) electrons. The van der Waals surface area contributed by atoms with Gasteiger partial charge in [0.2, 0.25) is 29.7 Å². The van der Waals surface area contributed by atoms with Gasteiger partial charge in [-0.15, -0.1) is 0 Å². The van der Waals surface area contributed by atoms with Gasteiger partial charge in [-0.3, -0.25) is 5.32 Å². The summed E-state index contributed by atoms with van der Waals surface area (Å²) in [7, 11) is -21.4. The molecule has 16 heteroatoms. The summed E-state index contributed by atoms with van der Waals surface area (Å²) in [6.07, 6.45) is 0.297. The molecule has 4 aromatic carbocycles. The minimum absolute atomic E-state index is 0.0165. The van der Waals surface area contributed by atoms with Crippen LogP contribution in [0.2, 0.25) is 0 Å². The van der Waals surface area contributed by atoms with Crippen molar-refractivity contribution in [2.45, 2.75) is 69.7 Å². The second-order valence-electron chi connectivity index (χ2n) is 13.6. The lowest BCUT2D eigenvalue weighted by molar-refractivity contribution is 0.298. The van der Waals surface area contributed by atoms with E-state index >= 15 is 33.7 Å². The van der Waals surface area contributed by atoms with Crippen molar-refractivity contribution in [3.8, 4) is 0 Å². The fourth-order valence-corrected chi connectivity index (χ4v) is 17.2. The van der Waals surface area contributed by atoms with Crippen molar-refractivity contribution in [3.05, 3.63) is 119 Å². The van der Waals surface area contributed by atoms with Gasteiger partial charge in [0.15, 0.2) is 15.2 Å². The van der Waals surface area contributed by atoms with Crippen LogP contribution in [0.25, 0.3) is 0 Å². The Hall–Kier alpha value is -3.48. The number of rotatable bonds is 8. The number of hydrogen-bond acceptors (Lipinski definition) is 11. The lowest BCUT2D eigenvalue weighted by atomic mass is 10.2. The third kappa shape index (κ3) is 8.07. The molecule has 0 aliphatic carbocycles. The summed E-state index contributed by atoms with van der Waals surface area (Å²) in [6.45, 7) is 7.53. The molecule has 0 amide bonds. The summed E-state index contributed by atoms with van der Waals surface area (Å²) in [5.74, 6) is 0. The first-order chi connectivity index (χ1) is 25.5. The highest BCUT2D eigenvalue weighted by Crippen LogP contribution is 2.47. The van der Waals surface area contributed by atoms with Crippen LogP contribution in [-0.4, -0.2) is 86.8 Å². The number of sulfonamides is 1. The van der Waals surface area contributed by atoms with Gasteiger partial charge in [0, 0.05) is 32.7 Å². The van der Waals surface area contributed by atoms with Crippen molar-refractivity contribution >= 4 is 39.5 Å². The van der Waals surface area contributed by atoms with Gasteiger partial charge in [-0.1, -0.05) is 70.8 Å². The molecule has 0 spiro atoms. The van der Waals surface area contributed by atoms with Crippen LogP contribution in [0.4, 0.5) is 0 Å². The number of nitrogens with zero attached hydrogens (tertiary/aromatic N) is 1. The van der Waals surface area contributed by atoms with Crippen molar-refractivity contribution in [3.63, 3.8) is 0 Å². The van der Waals surface area contributed by atoms with Crippen LogP contribution in [0.5, 0.6) is 0 Å². The Bertz CT molecular complexity index is 2180. The average molecular weight is 817 g/mol. The third-order valence-electron chi connectivity index (χ3n) is 9.46. The topological polar surface area (TPSA) is 176 Å². The highest BCUT2D eigenvalue weighted by atomic mass is 32.3. The first-order valence-corrected chi connectivity index (χ1v) is 23.6. The summed E-state index contributed by atoms with van der Waals surface area (Å²) in [6, 6.07) is 21.6. The fourth-order valence-electron chi connectivity index (χ4n) is 6.40. The Morgan fingerprint density at radius 3 is 1.30 bits per heavy atom. The lowest BCUT2D eigenvalue weighted by Gasteiger charge is -2.45. The predicted octanol–water partition coefficient (Wildman–Crippen LogP) is 3.88. The highest BCUT2D eigenvalue weighted by molar-refractivity contribution is 8.12. The summed E-state index contributed by atoms with van der Waals surface area (Å²) >= 11 is 0. The smallest absolute Gasteiger partial charge is 0.277 e. The molecule has 292 valence electrons. The zero-order chi connectivity index (χ0) is 39.4. The number of benzene rings is 4. The van der Waals surface area contributed by atoms with Crippen molar-refractivity contribution in [1.82, 2.24) is 20.3 Å². The van der Waals surface area contributed by atoms with E-state index in [1.807, 2.05) is 0 Å². The minimum Gasteiger partial charge on any atom is -0.315 e. The van der Waals surface area contributed by atoms with Gasteiger partial charge >= 0.3 is 0 Å². The first kappa shape index (κ1) is 41.7. The van der Waals surface area contributed by atoms with Gasteiger partial charge in [-0.25, -0.2) is 33.7 Å². The maximum Gasteiger partial charge on any atom is 0.277 e. The van der Waals surface area contributed by atoms with Crippen LogP contribution < -0.4 is 16.0 Å². The molecular weight excluding hydrogens is 769 g/mol. The summed E-state index contributed by atoms with van der Waals surface area (Å²) in [4.78, 5) is -1.93. The lowest BCUT2D eigenvalue weighted by Crippen LogP contribution is -2.72. The number of sulfone groups is 3. The van der Waals surface area contributed by atoms with E-state index in [0.29, 0.717) is 52.6 Å². The van der Waals surface area contributed by atoms with Gasteiger partial charge in [-0.2, -0.15) is 4.31 Å². The van der Waals surface area contributed by atoms with Gasteiger partial charge < -0.3 is 10.6 Å². The number of nitrogens with one attached hydrogen (secondary N) is 3. The molecule has 1 unspecified atom stereocenters. The van der Waals surface area contributed by atoms with Gasteiger partial charge in [0.1, 0.15) is 0 Å². The molecular formula is C38H48N4O8S4. The number of aryl methyl sites for hydroxylation is 4. The van der Waals surface area contributed by atoms with E-state index in [2.05, 4.69) is 16.0 Å². The van der Waals surface area contributed by atoms with E-state index in [-0.39, 0.29) is 24.4 Å². The van der Waals surface area contributed by atoms with E-state index in [1.54, 1.807) is 27.7 Å². The van der Waals surface area contributed by atoms with Crippen molar-refractivity contribution < 1.29 is 33.7 Å². The SMILES string of the molecule is Cc1ccc(S(=O)(=O)C2NCCNCCNCCCCN(S(=O)(=O)c3ccc(C)cc3)C2(S(=O)(=O)c2ccc(C)cc2)S(=O)(=O)c2ccc(C)cc2)cc1. The fraction of sp³-hybridized carbons (Fsp3) is 0.368. The van der Waals surface area contributed by atoms with Crippen LogP contribution >= 0.6 is 0 Å². The van der Waals surface area contributed by atoms with E-state index in [4.69, 9.17) is 0 Å². The molecule has 0 aromatic heterocycles. The minimum atomic E-state index is -5.58. The molecule has 5 rings (SSSR count). The maximum atomic E-state index is 15.9. The van der Waals surface area contributed by atoms with Crippen LogP contribution in [0.3, 0.4) is 0 Å². The van der Waals surface area contributed by atoms with Crippen LogP contribution in [0.1, 0.15) is 35.1 Å². The molecule has 1 aliphatic rings. The van der Waals surface area contributed by atoms with Crippen LogP contribution in [0.15, 0.2) is 117 Å². The Balaban J connectivity index is 2.04. The molecule has 12 nitrogen and oxygen atoms in total. The van der Waals surface area contributed by atoms with Crippen LogP contribution in [0, 0.1) is 27.7 Å². The Kier molecular flexibility index (Phi) is 12.9. The van der Waals surface area contributed by atoms with Crippen molar-refractivity contribution in [2.75, 3.05) is 39.3 Å². The van der Waals surface area contributed by atoms with Crippen LogP contribution in [-0.2, 0) is 39.5 Å². The van der Waals surface area contributed by atoms with E-state index in [1.165, 1.54) is 97.1 Å². The molecule has 0 saturated carbocycles. The second kappa shape index (κ2) is 16.7. The van der Waals surface area contributed by atoms with E-state index in [0.717, 1.165) is 0 Å². The van der Waals surface area contributed by atoms with Gasteiger partial charge in [0.05, 0.1) is 19.6 Å². The molecule has 0 bridgehead atoms. The largest absolute Gasteiger partial charge is 0.315 e.